The topological polar surface area (TPSA) is 64.4 Å². The summed E-state index contributed by atoms with van der Waals surface area (Å²) in [5.41, 5.74) is 7.92. The molecule has 21 heavy (non-hydrogen) atoms. The number of carbonyl (C=O) groups excluding carboxylic acids is 1. The lowest BCUT2D eigenvalue weighted by Gasteiger charge is -2.13. The highest BCUT2D eigenvalue weighted by atomic mass is 35.5. The van der Waals surface area contributed by atoms with Crippen LogP contribution in [0.5, 0.6) is 0 Å². The molecule has 120 valence electrons. The van der Waals surface area contributed by atoms with Gasteiger partial charge in [-0.2, -0.15) is 0 Å². The molecule has 1 rings (SSSR count). The number of benzene rings is 1. The molecule has 0 heterocycles. The molecular weight excluding hydrogens is 288 g/mol. The molecule has 0 aliphatic heterocycles. The van der Waals surface area contributed by atoms with Gasteiger partial charge in [0.05, 0.1) is 0 Å². The number of ether oxygens (including phenoxy) is 1. The Bertz CT molecular complexity index is 407. The van der Waals surface area contributed by atoms with Gasteiger partial charge in [-0.15, -0.1) is 12.4 Å². The maximum atomic E-state index is 11.9. The average Bonchev–Trinajstić information content (AvgIpc) is 2.42. The number of nitrogens with two attached hydrogens (primary N) is 1. The van der Waals surface area contributed by atoms with Gasteiger partial charge in [-0.1, -0.05) is 43.7 Å². The van der Waals surface area contributed by atoms with Gasteiger partial charge in [-0.3, -0.25) is 4.79 Å². The number of hydrogen-bond acceptors (Lipinski definition) is 3. The van der Waals surface area contributed by atoms with Crippen molar-refractivity contribution in [1.82, 2.24) is 5.32 Å². The van der Waals surface area contributed by atoms with Crippen molar-refractivity contribution in [3.63, 3.8) is 0 Å². The smallest absolute Gasteiger partial charge is 0.241 e. The number of nitrogens with one attached hydrogen (secondary N) is 1. The van der Waals surface area contributed by atoms with E-state index < -0.39 is 6.04 Å². The Morgan fingerprint density at radius 2 is 1.90 bits per heavy atom. The Morgan fingerprint density at radius 1 is 1.29 bits per heavy atom. The summed E-state index contributed by atoms with van der Waals surface area (Å²) in [6.07, 6.45) is 0.805. The van der Waals surface area contributed by atoms with Crippen LogP contribution >= 0.6 is 12.4 Å². The van der Waals surface area contributed by atoms with Crippen LogP contribution in [0.25, 0.3) is 0 Å². The van der Waals surface area contributed by atoms with Gasteiger partial charge in [-0.05, 0) is 24.8 Å². The number of aryl methyl sites for hydroxylation is 1. The zero-order valence-electron chi connectivity index (χ0n) is 13.1. The van der Waals surface area contributed by atoms with Gasteiger partial charge in [0, 0.05) is 19.8 Å². The van der Waals surface area contributed by atoms with E-state index in [4.69, 9.17) is 10.5 Å². The lowest BCUT2D eigenvalue weighted by Crippen LogP contribution is -2.35. The molecule has 1 unspecified atom stereocenters. The Morgan fingerprint density at radius 3 is 2.48 bits per heavy atom. The number of halogens is 1. The zero-order valence-corrected chi connectivity index (χ0v) is 13.9. The standard InChI is InChI=1S/C16H26N2O2.ClH/c1-12(2)11-20-10-4-9-18-16(19)15(17)14-7-5-13(3)6-8-14;/h5-8,12,15H,4,9-11,17H2,1-3H3,(H,18,19);1H. The first-order valence-corrected chi connectivity index (χ1v) is 7.18. The van der Waals surface area contributed by atoms with Crippen molar-refractivity contribution in [2.75, 3.05) is 19.8 Å². The van der Waals surface area contributed by atoms with Gasteiger partial charge in [0.2, 0.25) is 5.91 Å². The Balaban J connectivity index is 0.00000400. The first-order chi connectivity index (χ1) is 9.50. The fourth-order valence-electron chi connectivity index (χ4n) is 1.74. The third-order valence-corrected chi connectivity index (χ3v) is 2.93. The number of rotatable bonds is 8. The van der Waals surface area contributed by atoms with Gasteiger partial charge in [0.1, 0.15) is 6.04 Å². The summed E-state index contributed by atoms with van der Waals surface area (Å²) in [6, 6.07) is 7.10. The van der Waals surface area contributed by atoms with Crippen LogP contribution in [0.2, 0.25) is 0 Å². The van der Waals surface area contributed by atoms with Crippen molar-refractivity contribution >= 4 is 18.3 Å². The van der Waals surface area contributed by atoms with Crippen molar-refractivity contribution in [3.8, 4) is 0 Å². The highest BCUT2D eigenvalue weighted by Gasteiger charge is 2.14. The normalized spacial score (nSPS) is 11.9. The molecule has 0 aliphatic carbocycles. The molecule has 0 bridgehead atoms. The average molecular weight is 315 g/mol. The molecule has 1 atom stereocenters. The maximum Gasteiger partial charge on any atom is 0.241 e. The van der Waals surface area contributed by atoms with Crippen LogP contribution in [0.15, 0.2) is 24.3 Å². The van der Waals surface area contributed by atoms with Gasteiger partial charge >= 0.3 is 0 Å². The minimum Gasteiger partial charge on any atom is -0.381 e. The fourth-order valence-corrected chi connectivity index (χ4v) is 1.74. The maximum absolute atomic E-state index is 11.9. The van der Waals surface area contributed by atoms with Gasteiger partial charge in [-0.25, -0.2) is 0 Å². The lowest BCUT2D eigenvalue weighted by atomic mass is 10.1. The van der Waals surface area contributed by atoms with E-state index in [2.05, 4.69) is 19.2 Å². The van der Waals surface area contributed by atoms with Gasteiger partial charge in [0.25, 0.3) is 0 Å². The van der Waals surface area contributed by atoms with E-state index in [0.717, 1.165) is 24.2 Å². The second-order valence-corrected chi connectivity index (χ2v) is 5.50. The zero-order chi connectivity index (χ0) is 15.0. The summed E-state index contributed by atoms with van der Waals surface area (Å²) < 4.78 is 5.45. The van der Waals surface area contributed by atoms with Gasteiger partial charge in [0.15, 0.2) is 0 Å². The van der Waals surface area contributed by atoms with Crippen LogP contribution < -0.4 is 11.1 Å². The van der Waals surface area contributed by atoms with Crippen molar-refractivity contribution < 1.29 is 9.53 Å². The third kappa shape index (κ3) is 8.05. The number of hydrogen-bond donors (Lipinski definition) is 2. The molecule has 1 aromatic rings. The van der Waals surface area contributed by atoms with Crippen LogP contribution in [0.4, 0.5) is 0 Å². The van der Waals surface area contributed by atoms with E-state index in [1.807, 2.05) is 31.2 Å². The monoisotopic (exact) mass is 314 g/mol. The molecule has 3 N–H and O–H groups in total. The Labute approximate surface area is 133 Å². The molecule has 0 spiro atoms. The predicted octanol–water partition coefficient (Wildman–Crippen LogP) is 2.60. The second-order valence-electron chi connectivity index (χ2n) is 5.50. The molecule has 1 aromatic carbocycles. The first-order valence-electron chi connectivity index (χ1n) is 7.18. The highest BCUT2D eigenvalue weighted by molar-refractivity contribution is 5.85. The van der Waals surface area contributed by atoms with Crippen molar-refractivity contribution in [3.05, 3.63) is 35.4 Å². The molecule has 0 fully saturated rings. The summed E-state index contributed by atoms with van der Waals surface area (Å²) >= 11 is 0. The number of carbonyl (C=O) groups is 1. The molecule has 5 heteroatoms. The minimum absolute atomic E-state index is 0. The van der Waals surface area contributed by atoms with E-state index in [1.165, 1.54) is 0 Å². The molecule has 0 aliphatic rings. The highest BCUT2D eigenvalue weighted by Crippen LogP contribution is 2.11. The molecular formula is C16H27ClN2O2. The number of amides is 1. The van der Waals surface area contributed by atoms with Crippen LogP contribution in [0.1, 0.15) is 37.4 Å². The minimum atomic E-state index is -0.604. The summed E-state index contributed by atoms with van der Waals surface area (Å²) in [4.78, 5) is 11.9. The largest absolute Gasteiger partial charge is 0.381 e. The predicted molar refractivity (Wildman–Crippen MR) is 88.6 cm³/mol. The summed E-state index contributed by atoms with van der Waals surface area (Å²) in [7, 11) is 0. The summed E-state index contributed by atoms with van der Waals surface area (Å²) in [5.74, 6) is 0.400. The second kappa shape index (κ2) is 10.6. The van der Waals surface area contributed by atoms with E-state index in [-0.39, 0.29) is 18.3 Å². The molecule has 4 nitrogen and oxygen atoms in total. The molecule has 1 amide bonds. The van der Waals surface area contributed by atoms with Crippen LogP contribution in [-0.2, 0) is 9.53 Å². The fraction of sp³-hybridized carbons (Fsp3) is 0.562. The van der Waals surface area contributed by atoms with E-state index >= 15 is 0 Å². The molecule has 0 radical (unpaired) electrons. The van der Waals surface area contributed by atoms with E-state index in [1.54, 1.807) is 0 Å². The van der Waals surface area contributed by atoms with Gasteiger partial charge < -0.3 is 15.8 Å². The molecule has 0 saturated carbocycles. The van der Waals surface area contributed by atoms with Crippen molar-refractivity contribution in [2.45, 2.75) is 33.2 Å². The third-order valence-electron chi connectivity index (χ3n) is 2.93. The summed E-state index contributed by atoms with van der Waals surface area (Å²) in [5, 5.41) is 2.84. The van der Waals surface area contributed by atoms with Crippen molar-refractivity contribution in [2.24, 2.45) is 11.7 Å². The Kier molecular flexibility index (Phi) is 10.0. The summed E-state index contributed by atoms with van der Waals surface area (Å²) in [6.45, 7) is 8.25. The molecule has 0 aromatic heterocycles. The van der Waals surface area contributed by atoms with Crippen LogP contribution in [0, 0.1) is 12.8 Å². The van der Waals surface area contributed by atoms with Crippen LogP contribution in [0.3, 0.4) is 0 Å². The quantitative estimate of drug-likeness (QED) is 0.725. The lowest BCUT2D eigenvalue weighted by molar-refractivity contribution is -0.122. The van der Waals surface area contributed by atoms with E-state index in [0.29, 0.717) is 19.1 Å². The van der Waals surface area contributed by atoms with Crippen LogP contribution in [-0.4, -0.2) is 25.7 Å². The first kappa shape index (κ1) is 19.9. The Hall–Kier alpha value is -1.10. The SMILES string of the molecule is Cc1ccc(C(N)C(=O)NCCCOCC(C)C)cc1.Cl. The van der Waals surface area contributed by atoms with E-state index in [9.17, 15) is 4.79 Å². The van der Waals surface area contributed by atoms with Crippen molar-refractivity contribution in [1.29, 1.82) is 0 Å². The molecule has 0 saturated heterocycles.